The molecule has 5 nitrogen and oxygen atoms in total. The van der Waals surface area contributed by atoms with Crippen LogP contribution in [0.3, 0.4) is 0 Å². The van der Waals surface area contributed by atoms with E-state index in [1.54, 1.807) is 6.92 Å². The summed E-state index contributed by atoms with van der Waals surface area (Å²) in [4.78, 5) is 15.9. The van der Waals surface area contributed by atoms with Crippen LogP contribution in [-0.4, -0.2) is 27.1 Å². The van der Waals surface area contributed by atoms with Crippen LogP contribution in [-0.2, 0) is 12.8 Å². The van der Waals surface area contributed by atoms with Gasteiger partial charge in [0.25, 0.3) is 5.91 Å². The lowest BCUT2D eigenvalue weighted by atomic mass is 10.1. The zero-order valence-corrected chi connectivity index (χ0v) is 10.1. The molecule has 0 spiro atoms. The van der Waals surface area contributed by atoms with E-state index in [0.29, 0.717) is 5.82 Å². The van der Waals surface area contributed by atoms with Crippen molar-refractivity contribution in [1.82, 2.24) is 20.5 Å². The Morgan fingerprint density at radius 3 is 2.56 bits per heavy atom. The first-order valence-electron chi connectivity index (χ1n) is 5.99. The summed E-state index contributed by atoms with van der Waals surface area (Å²) < 4.78 is 0. The van der Waals surface area contributed by atoms with Crippen molar-refractivity contribution in [2.45, 2.75) is 25.8 Å². The van der Waals surface area contributed by atoms with Gasteiger partial charge in [-0.15, -0.1) is 5.10 Å². The van der Waals surface area contributed by atoms with Gasteiger partial charge in [0.05, 0.1) is 0 Å². The minimum atomic E-state index is -0.211. The Morgan fingerprint density at radius 2 is 2.00 bits per heavy atom. The van der Waals surface area contributed by atoms with Crippen molar-refractivity contribution in [3.8, 4) is 0 Å². The van der Waals surface area contributed by atoms with Crippen molar-refractivity contribution < 1.29 is 4.79 Å². The number of nitrogens with one attached hydrogen (secondary N) is 2. The van der Waals surface area contributed by atoms with Gasteiger partial charge in [0.15, 0.2) is 0 Å². The summed E-state index contributed by atoms with van der Waals surface area (Å²) in [5.74, 6) is 0.649. The van der Waals surface area contributed by atoms with Gasteiger partial charge in [-0.25, -0.2) is 4.98 Å². The van der Waals surface area contributed by atoms with Crippen LogP contribution < -0.4 is 5.32 Å². The normalized spacial score (nSPS) is 14.5. The molecule has 0 saturated carbocycles. The van der Waals surface area contributed by atoms with Crippen LogP contribution in [0.5, 0.6) is 0 Å². The fourth-order valence-corrected chi connectivity index (χ4v) is 2.36. The van der Waals surface area contributed by atoms with Crippen molar-refractivity contribution in [2.75, 3.05) is 0 Å². The van der Waals surface area contributed by atoms with Crippen LogP contribution in [0.15, 0.2) is 24.3 Å². The Kier molecular flexibility index (Phi) is 2.59. The lowest BCUT2D eigenvalue weighted by molar-refractivity contribution is 0.0928. The van der Waals surface area contributed by atoms with Gasteiger partial charge < -0.3 is 5.32 Å². The number of amides is 1. The van der Waals surface area contributed by atoms with E-state index < -0.39 is 0 Å². The van der Waals surface area contributed by atoms with E-state index in [4.69, 9.17) is 0 Å². The molecule has 0 unspecified atom stereocenters. The highest BCUT2D eigenvalue weighted by Gasteiger charge is 2.23. The highest BCUT2D eigenvalue weighted by molar-refractivity contribution is 5.90. The average Bonchev–Trinajstić information content (AvgIpc) is 2.94. The summed E-state index contributed by atoms with van der Waals surface area (Å²) in [5.41, 5.74) is 2.63. The van der Waals surface area contributed by atoms with E-state index in [-0.39, 0.29) is 17.8 Å². The maximum Gasteiger partial charge on any atom is 0.291 e. The topological polar surface area (TPSA) is 70.7 Å². The average molecular weight is 242 g/mol. The van der Waals surface area contributed by atoms with Gasteiger partial charge in [-0.3, -0.25) is 9.89 Å². The first-order valence-corrected chi connectivity index (χ1v) is 5.99. The van der Waals surface area contributed by atoms with Crippen LogP contribution in [0, 0.1) is 6.92 Å². The van der Waals surface area contributed by atoms with Crippen molar-refractivity contribution >= 4 is 5.91 Å². The quantitative estimate of drug-likeness (QED) is 0.825. The third-order valence-electron chi connectivity index (χ3n) is 3.19. The third kappa shape index (κ3) is 1.99. The minimum Gasteiger partial charge on any atom is -0.346 e. The minimum absolute atomic E-state index is 0.147. The molecule has 1 aromatic heterocycles. The van der Waals surface area contributed by atoms with Gasteiger partial charge in [-0.2, -0.15) is 0 Å². The largest absolute Gasteiger partial charge is 0.346 e. The van der Waals surface area contributed by atoms with Crippen LogP contribution in [0.4, 0.5) is 0 Å². The van der Waals surface area contributed by atoms with Crippen LogP contribution in [0.2, 0.25) is 0 Å². The molecule has 0 atom stereocenters. The van der Waals surface area contributed by atoms with E-state index in [1.807, 2.05) is 12.1 Å². The number of hydrogen-bond donors (Lipinski definition) is 2. The number of benzene rings is 1. The monoisotopic (exact) mass is 242 g/mol. The Bertz CT molecular complexity index is 565. The van der Waals surface area contributed by atoms with E-state index in [9.17, 15) is 4.79 Å². The van der Waals surface area contributed by atoms with Crippen molar-refractivity contribution in [3.05, 3.63) is 47.0 Å². The molecular formula is C13H14N4O. The molecule has 2 aromatic rings. The molecule has 1 aliphatic carbocycles. The summed E-state index contributed by atoms with van der Waals surface area (Å²) in [6, 6.07) is 8.42. The number of nitrogens with zero attached hydrogens (tertiary/aromatic N) is 2. The van der Waals surface area contributed by atoms with E-state index in [1.165, 1.54) is 11.1 Å². The van der Waals surface area contributed by atoms with Gasteiger partial charge in [-0.05, 0) is 30.9 Å². The first kappa shape index (κ1) is 11.0. The number of carbonyl (C=O) groups excluding carboxylic acids is 1. The number of aromatic nitrogens is 3. The molecular weight excluding hydrogens is 228 g/mol. The molecule has 0 fully saturated rings. The molecule has 0 saturated heterocycles. The number of hydrogen-bond acceptors (Lipinski definition) is 3. The predicted molar refractivity (Wildman–Crippen MR) is 66.2 cm³/mol. The summed E-state index contributed by atoms with van der Waals surface area (Å²) in [6.07, 6.45) is 1.76. The Hall–Kier alpha value is -2.17. The van der Waals surface area contributed by atoms with Crippen LogP contribution in [0.1, 0.15) is 27.6 Å². The maximum atomic E-state index is 11.9. The highest BCUT2D eigenvalue weighted by Crippen LogP contribution is 2.21. The maximum absolute atomic E-state index is 11.9. The predicted octanol–water partition coefficient (Wildman–Crippen LogP) is 1.01. The molecule has 5 heteroatoms. The van der Waals surface area contributed by atoms with Crippen molar-refractivity contribution in [2.24, 2.45) is 0 Å². The summed E-state index contributed by atoms with van der Waals surface area (Å²) >= 11 is 0. The molecule has 1 amide bonds. The SMILES string of the molecule is Cc1nc(C(=O)NC2Cc3ccccc3C2)n[nH]1. The molecule has 18 heavy (non-hydrogen) atoms. The summed E-state index contributed by atoms with van der Waals surface area (Å²) in [5, 5.41) is 9.50. The van der Waals surface area contributed by atoms with Crippen LogP contribution in [0.25, 0.3) is 0 Å². The van der Waals surface area contributed by atoms with E-state index in [2.05, 4.69) is 32.6 Å². The number of rotatable bonds is 2. The second kappa shape index (κ2) is 4.25. The van der Waals surface area contributed by atoms with Crippen molar-refractivity contribution in [3.63, 3.8) is 0 Å². The number of aryl methyl sites for hydroxylation is 1. The van der Waals surface area contributed by atoms with Gasteiger partial charge in [0, 0.05) is 6.04 Å². The van der Waals surface area contributed by atoms with Crippen LogP contribution >= 0.6 is 0 Å². The molecule has 1 aliphatic rings. The number of fused-ring (bicyclic) bond motifs is 1. The number of H-pyrrole nitrogens is 1. The van der Waals surface area contributed by atoms with Crippen molar-refractivity contribution in [1.29, 1.82) is 0 Å². The smallest absolute Gasteiger partial charge is 0.291 e. The lowest BCUT2D eigenvalue weighted by Gasteiger charge is -2.09. The fraction of sp³-hybridized carbons (Fsp3) is 0.308. The fourth-order valence-electron chi connectivity index (χ4n) is 2.36. The highest BCUT2D eigenvalue weighted by atomic mass is 16.2. The molecule has 2 N–H and O–H groups in total. The first-order chi connectivity index (χ1) is 8.72. The molecule has 3 rings (SSSR count). The van der Waals surface area contributed by atoms with Gasteiger partial charge in [0.2, 0.25) is 5.82 Å². The van der Waals surface area contributed by atoms with E-state index >= 15 is 0 Å². The summed E-state index contributed by atoms with van der Waals surface area (Å²) in [6.45, 7) is 1.77. The lowest BCUT2D eigenvalue weighted by Crippen LogP contribution is -2.35. The number of carbonyl (C=O) groups is 1. The second-order valence-corrected chi connectivity index (χ2v) is 4.59. The summed E-state index contributed by atoms with van der Waals surface area (Å²) in [7, 11) is 0. The second-order valence-electron chi connectivity index (χ2n) is 4.59. The molecule has 1 aromatic carbocycles. The Balaban J connectivity index is 1.68. The third-order valence-corrected chi connectivity index (χ3v) is 3.19. The number of aromatic amines is 1. The zero-order valence-electron chi connectivity index (χ0n) is 10.1. The Labute approximate surface area is 105 Å². The Morgan fingerprint density at radius 1 is 1.33 bits per heavy atom. The molecule has 1 heterocycles. The van der Waals surface area contributed by atoms with Gasteiger partial charge >= 0.3 is 0 Å². The van der Waals surface area contributed by atoms with E-state index in [0.717, 1.165) is 12.8 Å². The molecule has 0 radical (unpaired) electrons. The molecule has 0 aliphatic heterocycles. The van der Waals surface area contributed by atoms with Gasteiger partial charge in [-0.1, -0.05) is 24.3 Å². The molecule has 0 bridgehead atoms. The zero-order chi connectivity index (χ0) is 12.5. The van der Waals surface area contributed by atoms with Gasteiger partial charge in [0.1, 0.15) is 5.82 Å². The standard InChI is InChI=1S/C13H14N4O/c1-8-14-12(17-16-8)13(18)15-11-6-9-4-2-3-5-10(9)7-11/h2-5,11H,6-7H2,1H3,(H,15,18)(H,14,16,17). The molecule has 92 valence electrons.